The van der Waals surface area contributed by atoms with Crippen molar-refractivity contribution in [1.82, 2.24) is 5.32 Å². The van der Waals surface area contributed by atoms with Crippen molar-refractivity contribution in [1.29, 1.82) is 0 Å². The molecule has 1 amide bonds. The molecule has 0 spiro atoms. The average Bonchev–Trinajstić information content (AvgIpc) is 3.05. The number of amides is 1. The minimum Gasteiger partial charge on any atom is -0.484 e. The third-order valence-corrected chi connectivity index (χ3v) is 4.16. The van der Waals surface area contributed by atoms with Crippen LogP contribution in [0.15, 0.2) is 36.4 Å². The molecule has 1 aliphatic heterocycles. The first-order valence-electron chi connectivity index (χ1n) is 8.41. The molecule has 0 aliphatic carbocycles. The Morgan fingerprint density at radius 1 is 1.16 bits per heavy atom. The van der Waals surface area contributed by atoms with Gasteiger partial charge in [0.05, 0.1) is 0 Å². The van der Waals surface area contributed by atoms with Crippen molar-refractivity contribution in [2.24, 2.45) is 0 Å². The Hall–Kier alpha value is -2.69. The minimum absolute atomic E-state index is 0.00891. The van der Waals surface area contributed by atoms with Crippen molar-refractivity contribution in [3.63, 3.8) is 0 Å². The zero-order valence-electron chi connectivity index (χ0n) is 14.8. The third kappa shape index (κ3) is 4.24. The van der Waals surface area contributed by atoms with Crippen molar-refractivity contribution < 1.29 is 19.0 Å². The highest BCUT2D eigenvalue weighted by atomic mass is 16.7. The van der Waals surface area contributed by atoms with Gasteiger partial charge in [-0.2, -0.15) is 0 Å². The fourth-order valence-electron chi connectivity index (χ4n) is 2.84. The van der Waals surface area contributed by atoms with E-state index in [1.165, 1.54) is 11.1 Å². The Morgan fingerprint density at radius 3 is 2.72 bits per heavy atom. The Labute approximate surface area is 147 Å². The van der Waals surface area contributed by atoms with Gasteiger partial charge in [0.25, 0.3) is 5.91 Å². The summed E-state index contributed by atoms with van der Waals surface area (Å²) in [5, 5.41) is 2.84. The first-order valence-corrected chi connectivity index (χ1v) is 8.41. The van der Waals surface area contributed by atoms with Gasteiger partial charge in [-0.1, -0.05) is 26.0 Å². The van der Waals surface area contributed by atoms with E-state index in [0.29, 0.717) is 24.0 Å². The van der Waals surface area contributed by atoms with Crippen LogP contribution < -0.4 is 19.5 Å². The molecule has 2 aromatic rings. The lowest BCUT2D eigenvalue weighted by Crippen LogP contribution is -2.28. The van der Waals surface area contributed by atoms with Gasteiger partial charge in [0.1, 0.15) is 5.75 Å². The predicted molar refractivity (Wildman–Crippen MR) is 95.2 cm³/mol. The molecule has 1 N–H and O–H groups in total. The fourth-order valence-corrected chi connectivity index (χ4v) is 2.84. The Bertz CT molecular complexity index is 770. The summed E-state index contributed by atoms with van der Waals surface area (Å²) in [4.78, 5) is 12.0. The maximum atomic E-state index is 12.0. The van der Waals surface area contributed by atoms with Crippen LogP contribution in [-0.4, -0.2) is 19.3 Å². The highest BCUT2D eigenvalue weighted by Crippen LogP contribution is 2.32. The normalized spacial score (nSPS) is 12.3. The van der Waals surface area contributed by atoms with Gasteiger partial charge >= 0.3 is 0 Å². The highest BCUT2D eigenvalue weighted by Gasteiger charge is 2.13. The summed E-state index contributed by atoms with van der Waals surface area (Å²) in [5.74, 6) is 2.46. The largest absolute Gasteiger partial charge is 0.484 e. The van der Waals surface area contributed by atoms with Gasteiger partial charge in [-0.15, -0.1) is 0 Å². The fraction of sp³-hybridized carbons (Fsp3) is 0.350. The van der Waals surface area contributed by atoms with Gasteiger partial charge in [-0.3, -0.25) is 4.79 Å². The SMILES string of the molecule is Cc1cc(OCC(=O)NCc2ccc3c(c2)OCO3)ccc1C(C)C. The molecule has 0 fully saturated rings. The number of rotatable bonds is 6. The molecule has 0 unspecified atom stereocenters. The van der Waals surface area contributed by atoms with E-state index in [1.807, 2.05) is 30.3 Å². The molecule has 0 atom stereocenters. The number of aryl methyl sites for hydroxylation is 1. The van der Waals surface area contributed by atoms with Crippen molar-refractivity contribution >= 4 is 5.91 Å². The number of hydrogen-bond acceptors (Lipinski definition) is 4. The molecule has 25 heavy (non-hydrogen) atoms. The average molecular weight is 341 g/mol. The van der Waals surface area contributed by atoms with Crippen LogP contribution in [0.3, 0.4) is 0 Å². The van der Waals surface area contributed by atoms with E-state index in [0.717, 1.165) is 11.3 Å². The number of nitrogens with one attached hydrogen (secondary N) is 1. The molecule has 2 aromatic carbocycles. The molecule has 1 aliphatic rings. The maximum Gasteiger partial charge on any atom is 0.258 e. The van der Waals surface area contributed by atoms with Crippen molar-refractivity contribution in [2.75, 3.05) is 13.4 Å². The molecular formula is C20H23NO4. The molecule has 3 rings (SSSR count). The van der Waals surface area contributed by atoms with Crippen molar-refractivity contribution in [2.45, 2.75) is 33.2 Å². The zero-order chi connectivity index (χ0) is 17.8. The van der Waals surface area contributed by atoms with Crippen molar-refractivity contribution in [3.05, 3.63) is 53.1 Å². The maximum absolute atomic E-state index is 12.0. The number of fused-ring (bicyclic) bond motifs is 1. The van der Waals surface area contributed by atoms with E-state index < -0.39 is 0 Å². The smallest absolute Gasteiger partial charge is 0.258 e. The molecular weight excluding hydrogens is 318 g/mol. The third-order valence-electron chi connectivity index (χ3n) is 4.16. The van der Waals surface area contributed by atoms with Gasteiger partial charge in [-0.05, 0) is 53.8 Å². The van der Waals surface area contributed by atoms with Crippen LogP contribution in [0.25, 0.3) is 0 Å². The number of ether oxygens (including phenoxy) is 3. The molecule has 0 bridgehead atoms. The van der Waals surface area contributed by atoms with Gasteiger partial charge in [0.2, 0.25) is 6.79 Å². The number of carbonyl (C=O) groups is 1. The first-order chi connectivity index (χ1) is 12.0. The van der Waals surface area contributed by atoms with Crippen LogP contribution in [0.2, 0.25) is 0 Å². The topological polar surface area (TPSA) is 56.8 Å². The van der Waals surface area contributed by atoms with Crippen LogP contribution in [0.4, 0.5) is 0 Å². The second-order valence-corrected chi connectivity index (χ2v) is 6.43. The van der Waals surface area contributed by atoms with Gasteiger partial charge in [0, 0.05) is 6.54 Å². The summed E-state index contributed by atoms with van der Waals surface area (Å²) >= 11 is 0. The Morgan fingerprint density at radius 2 is 1.96 bits per heavy atom. The number of benzene rings is 2. The summed E-state index contributed by atoms with van der Waals surface area (Å²) in [5.41, 5.74) is 3.42. The second kappa shape index (κ2) is 7.47. The monoisotopic (exact) mass is 341 g/mol. The predicted octanol–water partition coefficient (Wildman–Crippen LogP) is 3.54. The molecule has 132 valence electrons. The summed E-state index contributed by atoms with van der Waals surface area (Å²) in [7, 11) is 0. The number of carbonyl (C=O) groups excluding carboxylic acids is 1. The molecule has 0 radical (unpaired) electrons. The molecule has 5 nitrogen and oxygen atoms in total. The quantitative estimate of drug-likeness (QED) is 0.873. The van der Waals surface area contributed by atoms with Crippen LogP contribution in [-0.2, 0) is 11.3 Å². The van der Waals surface area contributed by atoms with E-state index in [-0.39, 0.29) is 19.3 Å². The molecule has 0 saturated heterocycles. The minimum atomic E-state index is -0.164. The van der Waals surface area contributed by atoms with Gasteiger partial charge in [0.15, 0.2) is 18.1 Å². The lowest BCUT2D eigenvalue weighted by Gasteiger charge is -2.12. The Kier molecular flexibility index (Phi) is 5.12. The highest BCUT2D eigenvalue weighted by molar-refractivity contribution is 5.77. The Balaban J connectivity index is 1.49. The summed E-state index contributed by atoms with van der Waals surface area (Å²) in [6.07, 6.45) is 0. The van der Waals surface area contributed by atoms with Crippen molar-refractivity contribution in [3.8, 4) is 17.2 Å². The summed E-state index contributed by atoms with van der Waals surface area (Å²) in [6.45, 7) is 7.03. The molecule has 0 aromatic heterocycles. The van der Waals surface area contributed by atoms with E-state index in [1.54, 1.807) is 0 Å². The second-order valence-electron chi connectivity index (χ2n) is 6.43. The van der Waals surface area contributed by atoms with E-state index >= 15 is 0 Å². The summed E-state index contributed by atoms with van der Waals surface area (Å²) < 4.78 is 16.2. The van der Waals surface area contributed by atoms with E-state index in [4.69, 9.17) is 14.2 Å². The zero-order valence-corrected chi connectivity index (χ0v) is 14.8. The number of hydrogen-bond donors (Lipinski definition) is 1. The standard InChI is InChI=1S/C20H23NO4/c1-13(2)17-6-5-16(8-14(17)3)23-11-20(22)21-10-15-4-7-18-19(9-15)25-12-24-18/h4-9,13H,10-12H2,1-3H3,(H,21,22). The molecule has 5 heteroatoms. The molecule has 0 saturated carbocycles. The van der Waals surface area contributed by atoms with Crippen LogP contribution in [0.1, 0.15) is 36.5 Å². The van der Waals surface area contributed by atoms with Crippen LogP contribution in [0, 0.1) is 6.92 Å². The van der Waals surface area contributed by atoms with Gasteiger partial charge in [-0.25, -0.2) is 0 Å². The van der Waals surface area contributed by atoms with E-state index in [9.17, 15) is 4.79 Å². The van der Waals surface area contributed by atoms with Crippen LogP contribution in [0.5, 0.6) is 17.2 Å². The summed E-state index contributed by atoms with van der Waals surface area (Å²) in [6, 6.07) is 11.6. The van der Waals surface area contributed by atoms with Gasteiger partial charge < -0.3 is 19.5 Å². The lowest BCUT2D eigenvalue weighted by atomic mass is 9.98. The van der Waals surface area contributed by atoms with Crippen LogP contribution >= 0.6 is 0 Å². The first kappa shape index (κ1) is 17.1. The molecule has 1 heterocycles. The van der Waals surface area contributed by atoms with E-state index in [2.05, 4.69) is 32.2 Å². The lowest BCUT2D eigenvalue weighted by molar-refractivity contribution is -0.123.